The summed E-state index contributed by atoms with van der Waals surface area (Å²) in [5, 5.41) is 0. The van der Waals surface area contributed by atoms with E-state index in [1.165, 1.54) is 6.42 Å². The summed E-state index contributed by atoms with van der Waals surface area (Å²) in [7, 11) is 0. The SMILES string of the molecule is Cc1nc(C)c(C(=O)N2CCCC(C)C2)o1. The predicted molar refractivity (Wildman–Crippen MR) is 60.3 cm³/mol. The lowest BCUT2D eigenvalue weighted by molar-refractivity contribution is 0.0648. The molecule has 1 aliphatic heterocycles. The fourth-order valence-corrected chi connectivity index (χ4v) is 2.25. The van der Waals surface area contributed by atoms with E-state index in [0.29, 0.717) is 23.3 Å². The fraction of sp³-hybridized carbons (Fsp3) is 0.667. The molecule has 1 unspecified atom stereocenters. The minimum atomic E-state index is -0.00958. The van der Waals surface area contributed by atoms with Gasteiger partial charge in [0.1, 0.15) is 0 Å². The standard InChI is InChI=1S/C12H18N2O2/c1-8-5-4-6-14(7-8)12(15)11-9(2)13-10(3)16-11/h8H,4-7H2,1-3H3. The molecule has 4 heteroatoms. The number of carbonyl (C=O) groups excluding carboxylic acids is 1. The number of rotatable bonds is 1. The second-order valence-electron chi connectivity index (χ2n) is 4.65. The minimum absolute atomic E-state index is 0.00958. The third-order valence-corrected chi connectivity index (χ3v) is 3.04. The van der Waals surface area contributed by atoms with Crippen LogP contribution in [0.5, 0.6) is 0 Å². The molecule has 1 aromatic rings. The van der Waals surface area contributed by atoms with Crippen LogP contribution in [0.4, 0.5) is 0 Å². The summed E-state index contributed by atoms with van der Waals surface area (Å²) >= 11 is 0. The molecule has 0 bridgehead atoms. The number of piperidine rings is 1. The van der Waals surface area contributed by atoms with Gasteiger partial charge in [0, 0.05) is 20.0 Å². The topological polar surface area (TPSA) is 46.3 Å². The highest BCUT2D eigenvalue weighted by Crippen LogP contribution is 2.19. The highest BCUT2D eigenvalue weighted by Gasteiger charge is 2.26. The largest absolute Gasteiger partial charge is 0.436 e. The number of hydrogen-bond donors (Lipinski definition) is 0. The molecule has 1 saturated heterocycles. The van der Waals surface area contributed by atoms with Gasteiger partial charge in [0.2, 0.25) is 5.76 Å². The summed E-state index contributed by atoms with van der Waals surface area (Å²) in [4.78, 5) is 18.2. The van der Waals surface area contributed by atoms with E-state index in [0.717, 1.165) is 19.5 Å². The molecule has 16 heavy (non-hydrogen) atoms. The van der Waals surface area contributed by atoms with Gasteiger partial charge in [-0.1, -0.05) is 6.92 Å². The van der Waals surface area contributed by atoms with Gasteiger partial charge in [0.05, 0.1) is 5.69 Å². The summed E-state index contributed by atoms with van der Waals surface area (Å²) in [5.74, 6) is 1.55. The Kier molecular flexibility index (Phi) is 2.99. The number of oxazole rings is 1. The third kappa shape index (κ3) is 2.10. The zero-order valence-electron chi connectivity index (χ0n) is 10.1. The highest BCUT2D eigenvalue weighted by molar-refractivity contribution is 5.92. The van der Waals surface area contributed by atoms with Crippen molar-refractivity contribution in [1.82, 2.24) is 9.88 Å². The van der Waals surface area contributed by atoms with Crippen LogP contribution >= 0.6 is 0 Å². The van der Waals surface area contributed by atoms with Crippen molar-refractivity contribution in [2.45, 2.75) is 33.6 Å². The molecule has 0 aromatic carbocycles. The minimum Gasteiger partial charge on any atom is -0.436 e. The van der Waals surface area contributed by atoms with E-state index in [1.807, 2.05) is 11.8 Å². The van der Waals surface area contributed by atoms with Crippen LogP contribution in [0.15, 0.2) is 4.42 Å². The van der Waals surface area contributed by atoms with Gasteiger partial charge in [0.25, 0.3) is 5.91 Å². The van der Waals surface area contributed by atoms with Gasteiger partial charge in [0.15, 0.2) is 5.89 Å². The third-order valence-electron chi connectivity index (χ3n) is 3.04. The molecule has 2 rings (SSSR count). The van der Waals surface area contributed by atoms with Crippen molar-refractivity contribution in [1.29, 1.82) is 0 Å². The van der Waals surface area contributed by atoms with Crippen molar-refractivity contribution >= 4 is 5.91 Å². The molecule has 2 heterocycles. The molecule has 1 atom stereocenters. The quantitative estimate of drug-likeness (QED) is 0.731. The smallest absolute Gasteiger partial charge is 0.291 e. The van der Waals surface area contributed by atoms with E-state index >= 15 is 0 Å². The Morgan fingerprint density at radius 3 is 2.81 bits per heavy atom. The average Bonchev–Trinajstić information content (AvgIpc) is 2.57. The number of aromatic nitrogens is 1. The summed E-state index contributed by atoms with van der Waals surface area (Å²) < 4.78 is 5.36. The first-order chi connectivity index (χ1) is 7.58. The van der Waals surface area contributed by atoms with Gasteiger partial charge >= 0.3 is 0 Å². The summed E-state index contributed by atoms with van der Waals surface area (Å²) in [6.45, 7) is 7.43. The van der Waals surface area contributed by atoms with Crippen molar-refractivity contribution in [3.05, 3.63) is 17.3 Å². The first-order valence-corrected chi connectivity index (χ1v) is 5.81. The lowest BCUT2D eigenvalue weighted by Gasteiger charge is -2.30. The van der Waals surface area contributed by atoms with E-state index in [-0.39, 0.29) is 5.91 Å². The molecule has 1 aliphatic rings. The maximum atomic E-state index is 12.2. The van der Waals surface area contributed by atoms with Gasteiger partial charge in [-0.25, -0.2) is 4.98 Å². The Morgan fingerprint density at radius 2 is 2.25 bits per heavy atom. The van der Waals surface area contributed by atoms with Gasteiger partial charge in [-0.3, -0.25) is 4.79 Å². The van der Waals surface area contributed by atoms with E-state index in [4.69, 9.17) is 4.42 Å². The Labute approximate surface area is 95.6 Å². The monoisotopic (exact) mass is 222 g/mol. The maximum absolute atomic E-state index is 12.2. The molecular formula is C12H18N2O2. The second kappa shape index (κ2) is 4.28. The Morgan fingerprint density at radius 1 is 1.50 bits per heavy atom. The van der Waals surface area contributed by atoms with Crippen LogP contribution in [-0.4, -0.2) is 28.9 Å². The van der Waals surface area contributed by atoms with Gasteiger partial charge in [-0.2, -0.15) is 0 Å². The maximum Gasteiger partial charge on any atom is 0.291 e. The van der Waals surface area contributed by atoms with Crippen LogP contribution in [-0.2, 0) is 0 Å². The van der Waals surface area contributed by atoms with Crippen molar-refractivity contribution in [2.75, 3.05) is 13.1 Å². The number of likely N-dealkylation sites (tertiary alicyclic amines) is 1. The summed E-state index contributed by atoms with van der Waals surface area (Å²) in [6, 6.07) is 0. The molecule has 0 N–H and O–H groups in total. The number of nitrogens with zero attached hydrogens (tertiary/aromatic N) is 2. The normalized spacial score (nSPS) is 21.2. The van der Waals surface area contributed by atoms with Crippen molar-refractivity contribution in [3.63, 3.8) is 0 Å². The summed E-state index contributed by atoms with van der Waals surface area (Å²) in [5.41, 5.74) is 0.695. The number of aryl methyl sites for hydroxylation is 2. The van der Waals surface area contributed by atoms with Crippen LogP contribution in [0.3, 0.4) is 0 Å². The zero-order chi connectivity index (χ0) is 11.7. The Hall–Kier alpha value is -1.32. The van der Waals surface area contributed by atoms with Crippen LogP contribution in [0.2, 0.25) is 0 Å². The first kappa shape index (κ1) is 11.2. The lowest BCUT2D eigenvalue weighted by atomic mass is 10.00. The van der Waals surface area contributed by atoms with Crippen LogP contribution in [0.25, 0.3) is 0 Å². The Balaban J connectivity index is 2.15. The summed E-state index contributed by atoms with van der Waals surface area (Å²) in [6.07, 6.45) is 2.29. The average molecular weight is 222 g/mol. The van der Waals surface area contributed by atoms with Gasteiger partial charge in [-0.15, -0.1) is 0 Å². The van der Waals surface area contributed by atoms with Crippen molar-refractivity contribution in [3.8, 4) is 0 Å². The fourth-order valence-electron chi connectivity index (χ4n) is 2.25. The highest BCUT2D eigenvalue weighted by atomic mass is 16.4. The number of amides is 1. The van der Waals surface area contributed by atoms with Crippen molar-refractivity contribution < 1.29 is 9.21 Å². The predicted octanol–water partition coefficient (Wildman–Crippen LogP) is 2.16. The van der Waals surface area contributed by atoms with Crippen LogP contribution in [0.1, 0.15) is 41.9 Å². The molecule has 1 amide bonds. The van der Waals surface area contributed by atoms with Crippen LogP contribution in [0, 0.1) is 19.8 Å². The van der Waals surface area contributed by atoms with Crippen molar-refractivity contribution in [2.24, 2.45) is 5.92 Å². The molecule has 1 fully saturated rings. The van der Waals surface area contributed by atoms with E-state index in [2.05, 4.69) is 11.9 Å². The molecule has 0 aliphatic carbocycles. The van der Waals surface area contributed by atoms with E-state index < -0.39 is 0 Å². The molecule has 4 nitrogen and oxygen atoms in total. The molecule has 88 valence electrons. The van der Waals surface area contributed by atoms with Crippen LogP contribution < -0.4 is 0 Å². The zero-order valence-corrected chi connectivity index (χ0v) is 10.1. The number of carbonyl (C=O) groups is 1. The first-order valence-electron chi connectivity index (χ1n) is 5.81. The molecular weight excluding hydrogens is 204 g/mol. The molecule has 1 aromatic heterocycles. The van der Waals surface area contributed by atoms with E-state index in [9.17, 15) is 4.79 Å². The Bertz CT molecular complexity index is 398. The van der Waals surface area contributed by atoms with Gasteiger partial charge < -0.3 is 9.32 Å². The second-order valence-corrected chi connectivity index (χ2v) is 4.65. The molecule has 0 radical (unpaired) electrons. The number of hydrogen-bond acceptors (Lipinski definition) is 3. The van der Waals surface area contributed by atoms with E-state index in [1.54, 1.807) is 6.92 Å². The molecule has 0 spiro atoms. The lowest BCUT2D eigenvalue weighted by Crippen LogP contribution is -2.39. The molecule has 0 saturated carbocycles. The van der Waals surface area contributed by atoms with Gasteiger partial charge in [-0.05, 0) is 25.7 Å².